The summed E-state index contributed by atoms with van der Waals surface area (Å²) < 4.78 is 0. The highest BCUT2D eigenvalue weighted by molar-refractivity contribution is 6.06. The second-order valence-corrected chi connectivity index (χ2v) is 3.35. The third-order valence-corrected chi connectivity index (χ3v) is 2.48. The highest BCUT2D eigenvalue weighted by atomic mass is 16.1. The molecule has 0 saturated heterocycles. The number of para-hydroxylation sites is 1. The number of nitrogen functional groups attached to an aromatic ring is 1. The van der Waals surface area contributed by atoms with E-state index in [4.69, 9.17) is 5.84 Å². The van der Waals surface area contributed by atoms with Gasteiger partial charge in [0.05, 0.1) is 6.20 Å². The van der Waals surface area contributed by atoms with Crippen LogP contribution in [0, 0.1) is 0 Å². The Morgan fingerprint density at radius 3 is 2.93 bits per heavy atom. The maximum Gasteiger partial charge on any atom is 0.310 e. The summed E-state index contributed by atoms with van der Waals surface area (Å²) in [6.45, 7) is 0. The van der Waals surface area contributed by atoms with Gasteiger partial charge in [0.2, 0.25) is 0 Å². The number of aromatic amines is 1. The molecule has 0 saturated carbocycles. The van der Waals surface area contributed by atoms with Gasteiger partial charge in [-0.25, -0.2) is 0 Å². The zero-order valence-corrected chi connectivity index (χ0v) is 7.77. The minimum atomic E-state index is -0.316. The molecule has 5 heteroatoms. The average Bonchev–Trinajstić information content (AvgIpc) is 2.63. The van der Waals surface area contributed by atoms with Crippen molar-refractivity contribution in [3.8, 4) is 0 Å². The van der Waals surface area contributed by atoms with Crippen LogP contribution in [0.2, 0.25) is 0 Å². The number of nitrogens with two attached hydrogens (primary N) is 1. The molecule has 5 nitrogen and oxygen atoms in total. The number of hydrogen-bond donors (Lipinski definition) is 2. The molecule has 0 bridgehead atoms. The summed E-state index contributed by atoms with van der Waals surface area (Å²) in [7, 11) is 0. The summed E-state index contributed by atoms with van der Waals surface area (Å²) in [6.07, 6.45) is 1.59. The Hall–Kier alpha value is -2.30. The minimum absolute atomic E-state index is 0.316. The lowest BCUT2D eigenvalue weighted by Crippen LogP contribution is -2.29. The monoisotopic (exact) mass is 200 g/mol. The smallest absolute Gasteiger partial charge is 0.310 e. The Balaban J connectivity index is 2.66. The molecular weight excluding hydrogens is 192 g/mol. The molecule has 3 aromatic rings. The fourth-order valence-corrected chi connectivity index (χ4v) is 1.75. The van der Waals surface area contributed by atoms with E-state index in [0.29, 0.717) is 5.52 Å². The lowest BCUT2D eigenvalue weighted by Gasteiger charge is -1.93. The molecule has 3 rings (SSSR count). The zero-order valence-electron chi connectivity index (χ0n) is 7.77. The maximum atomic E-state index is 11.6. The Bertz CT molecular complexity index is 710. The molecule has 0 radical (unpaired) electrons. The van der Waals surface area contributed by atoms with Crippen LogP contribution in [0.5, 0.6) is 0 Å². The average molecular weight is 200 g/mol. The van der Waals surface area contributed by atoms with E-state index >= 15 is 0 Å². The summed E-state index contributed by atoms with van der Waals surface area (Å²) in [4.78, 5) is 15.5. The van der Waals surface area contributed by atoms with Crippen molar-refractivity contribution in [2.24, 2.45) is 0 Å². The van der Waals surface area contributed by atoms with Crippen LogP contribution < -0.4 is 11.4 Å². The summed E-state index contributed by atoms with van der Waals surface area (Å²) in [6, 6.07) is 7.68. The first-order valence-electron chi connectivity index (χ1n) is 4.51. The van der Waals surface area contributed by atoms with Gasteiger partial charge in [0.25, 0.3) is 0 Å². The number of nitrogens with zero attached hydrogens (tertiary/aromatic N) is 2. The van der Waals surface area contributed by atoms with Crippen LogP contribution in [0.15, 0.2) is 35.3 Å². The van der Waals surface area contributed by atoms with Crippen molar-refractivity contribution in [3.05, 3.63) is 40.8 Å². The molecule has 2 aromatic heterocycles. The fraction of sp³-hybridized carbons (Fsp3) is 0. The molecule has 15 heavy (non-hydrogen) atoms. The molecule has 74 valence electrons. The fourth-order valence-electron chi connectivity index (χ4n) is 1.75. The quantitative estimate of drug-likeness (QED) is 0.521. The first-order valence-corrected chi connectivity index (χ1v) is 4.51. The van der Waals surface area contributed by atoms with E-state index < -0.39 is 0 Å². The third kappa shape index (κ3) is 0.969. The number of hydrogen-bond acceptors (Lipinski definition) is 3. The molecule has 0 aliphatic rings. The van der Waals surface area contributed by atoms with Crippen molar-refractivity contribution < 1.29 is 0 Å². The van der Waals surface area contributed by atoms with Gasteiger partial charge >= 0.3 is 5.56 Å². The summed E-state index contributed by atoms with van der Waals surface area (Å²) in [5, 5.41) is 5.58. The zero-order chi connectivity index (χ0) is 10.4. The molecule has 0 aliphatic carbocycles. The van der Waals surface area contributed by atoms with E-state index in [1.807, 2.05) is 24.3 Å². The molecular formula is C10H8N4O. The number of rotatable bonds is 0. The Kier molecular flexibility index (Phi) is 1.39. The number of nitrogens with one attached hydrogen (secondary N) is 1. The highest BCUT2D eigenvalue weighted by Crippen LogP contribution is 2.21. The number of H-pyrrole nitrogens is 1. The molecule has 0 aliphatic heterocycles. The number of aromatic nitrogens is 3. The minimum Gasteiger partial charge on any atom is -0.350 e. The van der Waals surface area contributed by atoms with Crippen molar-refractivity contribution in [1.29, 1.82) is 0 Å². The van der Waals surface area contributed by atoms with Crippen molar-refractivity contribution in [3.63, 3.8) is 0 Å². The van der Waals surface area contributed by atoms with Crippen molar-refractivity contribution in [1.82, 2.24) is 14.9 Å². The largest absolute Gasteiger partial charge is 0.350 e. The third-order valence-electron chi connectivity index (χ3n) is 2.48. The molecule has 2 heterocycles. The van der Waals surface area contributed by atoms with E-state index in [-0.39, 0.29) is 5.56 Å². The van der Waals surface area contributed by atoms with Gasteiger partial charge in [-0.1, -0.05) is 18.2 Å². The van der Waals surface area contributed by atoms with Crippen molar-refractivity contribution in [2.75, 3.05) is 5.84 Å². The first-order chi connectivity index (χ1) is 7.27. The topological polar surface area (TPSA) is 76.7 Å². The lowest BCUT2D eigenvalue weighted by molar-refractivity contribution is 0.775. The van der Waals surface area contributed by atoms with Crippen molar-refractivity contribution >= 4 is 21.8 Å². The second kappa shape index (κ2) is 2.60. The Labute approximate surface area is 84.1 Å². The van der Waals surface area contributed by atoms with Gasteiger partial charge in [0.15, 0.2) is 0 Å². The van der Waals surface area contributed by atoms with E-state index in [1.54, 1.807) is 6.20 Å². The highest BCUT2D eigenvalue weighted by Gasteiger charge is 2.07. The van der Waals surface area contributed by atoms with Gasteiger partial charge in [-0.2, -0.15) is 5.10 Å². The number of benzene rings is 1. The van der Waals surface area contributed by atoms with E-state index in [0.717, 1.165) is 21.1 Å². The van der Waals surface area contributed by atoms with Gasteiger partial charge < -0.3 is 10.8 Å². The van der Waals surface area contributed by atoms with Crippen LogP contribution in [0.4, 0.5) is 0 Å². The Morgan fingerprint density at radius 2 is 2.07 bits per heavy atom. The maximum absolute atomic E-state index is 11.6. The predicted molar refractivity (Wildman–Crippen MR) is 58.0 cm³/mol. The summed E-state index contributed by atoms with van der Waals surface area (Å²) in [5.74, 6) is 5.38. The van der Waals surface area contributed by atoms with Crippen molar-refractivity contribution in [2.45, 2.75) is 0 Å². The first kappa shape index (κ1) is 8.05. The van der Waals surface area contributed by atoms with Crippen LogP contribution in [-0.2, 0) is 0 Å². The van der Waals surface area contributed by atoms with Gasteiger partial charge in [0.1, 0.15) is 5.52 Å². The molecule has 0 spiro atoms. The van der Waals surface area contributed by atoms with Crippen LogP contribution in [0.25, 0.3) is 21.8 Å². The van der Waals surface area contributed by atoms with Crippen LogP contribution in [0.1, 0.15) is 0 Å². The Morgan fingerprint density at radius 1 is 1.27 bits per heavy atom. The number of fused-ring (bicyclic) bond motifs is 3. The molecule has 0 atom stereocenters. The molecule has 0 fully saturated rings. The van der Waals surface area contributed by atoms with Crippen LogP contribution in [-0.4, -0.2) is 14.9 Å². The predicted octanol–water partition coefficient (Wildman–Crippen LogP) is 0.592. The van der Waals surface area contributed by atoms with E-state index in [2.05, 4.69) is 10.1 Å². The van der Waals surface area contributed by atoms with Gasteiger partial charge in [-0.05, 0) is 6.07 Å². The van der Waals surface area contributed by atoms with Crippen LogP contribution in [0.3, 0.4) is 0 Å². The molecule has 3 N–H and O–H groups in total. The second-order valence-electron chi connectivity index (χ2n) is 3.35. The van der Waals surface area contributed by atoms with Gasteiger partial charge in [-0.3, -0.25) is 4.79 Å². The lowest BCUT2D eigenvalue weighted by atomic mass is 10.2. The van der Waals surface area contributed by atoms with Gasteiger partial charge in [-0.15, -0.1) is 4.79 Å². The summed E-state index contributed by atoms with van der Waals surface area (Å²) >= 11 is 0. The standard InChI is InChI=1S/C10H8N4O/c11-14-10(15)9-7(5-12-14)6-3-1-2-4-8(6)13-9/h1-5,13H,11H2. The molecule has 0 amide bonds. The molecule has 1 aromatic carbocycles. The van der Waals surface area contributed by atoms with Crippen LogP contribution >= 0.6 is 0 Å². The SMILES string of the molecule is Nn1ncc2c([nH]c3ccccc32)c1=O. The van der Waals surface area contributed by atoms with E-state index in [9.17, 15) is 4.79 Å². The summed E-state index contributed by atoms with van der Waals surface area (Å²) in [5.41, 5.74) is 1.09. The van der Waals surface area contributed by atoms with Gasteiger partial charge in [0, 0.05) is 16.3 Å². The normalized spacial score (nSPS) is 11.2. The van der Waals surface area contributed by atoms with E-state index in [1.165, 1.54) is 0 Å². The molecule has 0 unspecified atom stereocenters.